The summed E-state index contributed by atoms with van der Waals surface area (Å²) in [5.74, 6) is 0.754. The number of fused-ring (bicyclic) bond motifs is 1. The van der Waals surface area contributed by atoms with Gasteiger partial charge in [0.1, 0.15) is 28.0 Å². The largest absolute Gasteiger partial charge is 0.464 e. The standard InChI is InChI=1S/C13H11BrN2O2/c14-13-12(15-11(16-13)5-6-17)9-7-18-10-4-2-1-3-8(9)10/h1-4,7,17H,5-6H2,(H,15,16). The number of H-pyrrole nitrogens is 1. The minimum absolute atomic E-state index is 0.0749. The molecular formula is C13H11BrN2O2. The van der Waals surface area contributed by atoms with E-state index in [9.17, 15) is 0 Å². The highest BCUT2D eigenvalue weighted by Crippen LogP contribution is 2.33. The first-order valence-corrected chi connectivity index (χ1v) is 6.40. The summed E-state index contributed by atoms with van der Waals surface area (Å²) < 4.78 is 6.31. The van der Waals surface area contributed by atoms with Crippen molar-refractivity contribution in [1.82, 2.24) is 9.97 Å². The van der Waals surface area contributed by atoms with E-state index < -0.39 is 0 Å². The summed E-state index contributed by atoms with van der Waals surface area (Å²) in [6, 6.07) is 7.83. The molecule has 0 unspecified atom stereocenters. The van der Waals surface area contributed by atoms with E-state index >= 15 is 0 Å². The van der Waals surface area contributed by atoms with Crippen LogP contribution < -0.4 is 0 Å². The summed E-state index contributed by atoms with van der Waals surface area (Å²) in [4.78, 5) is 7.57. The molecule has 18 heavy (non-hydrogen) atoms. The van der Waals surface area contributed by atoms with Gasteiger partial charge < -0.3 is 14.5 Å². The fourth-order valence-corrected chi connectivity index (χ4v) is 2.49. The normalized spacial score (nSPS) is 11.2. The van der Waals surface area contributed by atoms with Gasteiger partial charge in [-0.1, -0.05) is 18.2 Å². The third kappa shape index (κ3) is 1.85. The summed E-state index contributed by atoms with van der Waals surface area (Å²) in [6.45, 7) is 0.0749. The van der Waals surface area contributed by atoms with Gasteiger partial charge in [0.2, 0.25) is 0 Å². The fraction of sp³-hybridized carbons (Fsp3) is 0.154. The van der Waals surface area contributed by atoms with E-state index in [0.717, 1.165) is 32.7 Å². The minimum atomic E-state index is 0.0749. The number of halogens is 1. The smallest absolute Gasteiger partial charge is 0.134 e. The van der Waals surface area contributed by atoms with E-state index in [0.29, 0.717) is 6.42 Å². The first kappa shape index (κ1) is 11.5. The van der Waals surface area contributed by atoms with Crippen molar-refractivity contribution in [2.75, 3.05) is 6.61 Å². The molecule has 0 amide bonds. The number of aliphatic hydroxyl groups excluding tert-OH is 1. The quantitative estimate of drug-likeness (QED) is 0.781. The molecule has 0 spiro atoms. The predicted molar refractivity (Wildman–Crippen MR) is 72.3 cm³/mol. The van der Waals surface area contributed by atoms with Crippen molar-refractivity contribution >= 4 is 26.9 Å². The molecule has 0 fully saturated rings. The van der Waals surface area contributed by atoms with Crippen LogP contribution in [0.25, 0.3) is 22.2 Å². The third-order valence-corrected chi connectivity index (χ3v) is 3.37. The third-order valence-electron chi connectivity index (χ3n) is 2.79. The highest BCUT2D eigenvalue weighted by Gasteiger charge is 2.15. The number of nitrogens with one attached hydrogen (secondary N) is 1. The summed E-state index contributed by atoms with van der Waals surface area (Å²) in [5, 5.41) is 9.96. The van der Waals surface area contributed by atoms with Crippen molar-refractivity contribution in [3.05, 3.63) is 41.0 Å². The molecule has 0 aliphatic rings. The molecule has 2 N–H and O–H groups in total. The average Bonchev–Trinajstić information content (AvgIpc) is 2.93. The molecular weight excluding hydrogens is 296 g/mol. The van der Waals surface area contributed by atoms with Crippen LogP contribution >= 0.6 is 15.9 Å². The zero-order valence-corrected chi connectivity index (χ0v) is 11.1. The maximum Gasteiger partial charge on any atom is 0.134 e. The number of aromatic nitrogens is 2. The zero-order chi connectivity index (χ0) is 12.5. The lowest BCUT2D eigenvalue weighted by atomic mass is 10.1. The number of benzene rings is 1. The highest BCUT2D eigenvalue weighted by atomic mass is 79.9. The van der Waals surface area contributed by atoms with Gasteiger partial charge in [-0.05, 0) is 22.0 Å². The van der Waals surface area contributed by atoms with Crippen LogP contribution in [0, 0.1) is 0 Å². The second kappa shape index (κ2) is 4.59. The Labute approximate surface area is 112 Å². The molecule has 0 atom stereocenters. The van der Waals surface area contributed by atoms with E-state index in [4.69, 9.17) is 9.52 Å². The molecule has 1 aromatic carbocycles. The molecule has 0 radical (unpaired) electrons. The molecule has 2 aromatic heterocycles. The van der Waals surface area contributed by atoms with Gasteiger partial charge in [-0.25, -0.2) is 4.98 Å². The minimum Gasteiger partial charge on any atom is -0.464 e. The van der Waals surface area contributed by atoms with E-state index in [1.807, 2.05) is 24.3 Å². The molecule has 0 aliphatic heterocycles. The first-order chi connectivity index (χ1) is 8.79. The monoisotopic (exact) mass is 306 g/mol. The number of nitrogens with zero attached hydrogens (tertiary/aromatic N) is 1. The zero-order valence-electron chi connectivity index (χ0n) is 9.48. The van der Waals surface area contributed by atoms with Gasteiger partial charge in [0.05, 0.1) is 6.61 Å². The molecule has 3 aromatic rings. The van der Waals surface area contributed by atoms with Gasteiger partial charge in [-0.3, -0.25) is 0 Å². The lowest BCUT2D eigenvalue weighted by Gasteiger charge is -1.93. The number of para-hydroxylation sites is 1. The van der Waals surface area contributed by atoms with Crippen molar-refractivity contribution in [2.24, 2.45) is 0 Å². The lowest BCUT2D eigenvalue weighted by Crippen LogP contribution is -1.92. The maximum atomic E-state index is 8.93. The number of hydrogen-bond acceptors (Lipinski definition) is 3. The topological polar surface area (TPSA) is 62.1 Å². The number of imidazole rings is 1. The van der Waals surface area contributed by atoms with Gasteiger partial charge in [0.15, 0.2) is 0 Å². The van der Waals surface area contributed by atoms with Crippen LogP contribution in [-0.4, -0.2) is 21.7 Å². The average molecular weight is 307 g/mol. The van der Waals surface area contributed by atoms with Crippen molar-refractivity contribution in [2.45, 2.75) is 6.42 Å². The van der Waals surface area contributed by atoms with Crippen LogP contribution in [0.1, 0.15) is 5.82 Å². The van der Waals surface area contributed by atoms with Gasteiger partial charge >= 0.3 is 0 Å². The van der Waals surface area contributed by atoms with Crippen molar-refractivity contribution in [3.63, 3.8) is 0 Å². The van der Waals surface area contributed by atoms with Gasteiger partial charge in [-0.2, -0.15) is 0 Å². The SMILES string of the molecule is OCCc1nc(-c2coc3ccccc23)c(Br)[nH]1. The van der Waals surface area contributed by atoms with Crippen LogP contribution in [0.5, 0.6) is 0 Å². The molecule has 2 heterocycles. The Kier molecular flexibility index (Phi) is 2.93. The molecule has 0 bridgehead atoms. The Morgan fingerprint density at radius 2 is 2.17 bits per heavy atom. The van der Waals surface area contributed by atoms with E-state index in [1.54, 1.807) is 6.26 Å². The highest BCUT2D eigenvalue weighted by molar-refractivity contribution is 9.10. The van der Waals surface area contributed by atoms with Crippen LogP contribution in [0.4, 0.5) is 0 Å². The van der Waals surface area contributed by atoms with Crippen LogP contribution in [0.15, 0.2) is 39.5 Å². The summed E-state index contributed by atoms with van der Waals surface area (Å²) in [7, 11) is 0. The Hall–Kier alpha value is -1.59. The van der Waals surface area contributed by atoms with Crippen LogP contribution in [0.2, 0.25) is 0 Å². The van der Waals surface area contributed by atoms with Crippen molar-refractivity contribution in [1.29, 1.82) is 0 Å². The lowest BCUT2D eigenvalue weighted by molar-refractivity contribution is 0.297. The first-order valence-electron chi connectivity index (χ1n) is 5.61. The van der Waals surface area contributed by atoms with Gasteiger partial charge in [0.25, 0.3) is 0 Å². The molecule has 5 heteroatoms. The Bertz CT molecular complexity index is 687. The Balaban J connectivity index is 2.14. The van der Waals surface area contributed by atoms with Crippen molar-refractivity contribution < 1.29 is 9.52 Å². The maximum absolute atomic E-state index is 8.93. The molecule has 3 rings (SSSR count). The predicted octanol–water partition coefficient (Wildman–Crippen LogP) is 3.12. The van der Waals surface area contributed by atoms with E-state index in [-0.39, 0.29) is 6.61 Å². The second-order valence-corrected chi connectivity index (χ2v) is 4.76. The summed E-state index contributed by atoms with van der Waals surface area (Å²) >= 11 is 3.45. The number of furan rings is 1. The number of aliphatic hydroxyl groups is 1. The number of rotatable bonds is 3. The molecule has 4 nitrogen and oxygen atoms in total. The Morgan fingerprint density at radius 3 is 3.00 bits per heavy atom. The Morgan fingerprint density at radius 1 is 1.33 bits per heavy atom. The van der Waals surface area contributed by atoms with Crippen LogP contribution in [0.3, 0.4) is 0 Å². The van der Waals surface area contributed by atoms with Crippen LogP contribution in [-0.2, 0) is 6.42 Å². The fourth-order valence-electron chi connectivity index (χ4n) is 1.96. The molecule has 0 saturated heterocycles. The molecule has 0 saturated carbocycles. The summed E-state index contributed by atoms with van der Waals surface area (Å²) in [6.07, 6.45) is 2.21. The van der Waals surface area contributed by atoms with Crippen molar-refractivity contribution in [3.8, 4) is 11.3 Å². The molecule has 0 aliphatic carbocycles. The van der Waals surface area contributed by atoms with Gasteiger partial charge in [0, 0.05) is 17.4 Å². The van der Waals surface area contributed by atoms with E-state index in [1.165, 1.54) is 0 Å². The van der Waals surface area contributed by atoms with E-state index in [2.05, 4.69) is 25.9 Å². The second-order valence-electron chi connectivity index (χ2n) is 3.97. The summed E-state index contributed by atoms with van der Waals surface area (Å²) in [5.41, 5.74) is 2.59. The number of hydrogen-bond donors (Lipinski definition) is 2. The number of aromatic amines is 1. The van der Waals surface area contributed by atoms with Gasteiger partial charge in [-0.15, -0.1) is 0 Å². The molecule has 92 valence electrons.